The summed E-state index contributed by atoms with van der Waals surface area (Å²) in [4.78, 5) is 36.1. The van der Waals surface area contributed by atoms with E-state index in [2.05, 4.69) is 4.74 Å². The van der Waals surface area contributed by atoms with E-state index in [0.717, 1.165) is 11.0 Å². The highest BCUT2D eigenvalue weighted by atomic mass is 19.1. The highest BCUT2D eigenvalue weighted by molar-refractivity contribution is 6.21. The van der Waals surface area contributed by atoms with Crippen LogP contribution in [0.2, 0.25) is 0 Å². The van der Waals surface area contributed by atoms with Gasteiger partial charge in [-0.2, -0.15) is 4.39 Å². The average Bonchev–Trinajstić information content (AvgIpc) is 2.73. The van der Waals surface area contributed by atoms with Crippen LogP contribution in [0.4, 0.5) is 4.39 Å². The monoisotopic (exact) mass is 291 g/mol. The number of benzene rings is 1. The van der Waals surface area contributed by atoms with Crippen molar-refractivity contribution in [2.24, 2.45) is 0 Å². The van der Waals surface area contributed by atoms with Gasteiger partial charge in [-0.3, -0.25) is 14.5 Å². The third-order valence-electron chi connectivity index (χ3n) is 3.02. The van der Waals surface area contributed by atoms with Gasteiger partial charge < -0.3 is 4.74 Å². The van der Waals surface area contributed by atoms with E-state index in [1.165, 1.54) is 0 Å². The van der Waals surface area contributed by atoms with Crippen molar-refractivity contribution in [3.63, 3.8) is 0 Å². The van der Waals surface area contributed by atoms with Gasteiger partial charge in [-0.25, -0.2) is 4.79 Å². The van der Waals surface area contributed by atoms with Gasteiger partial charge in [-0.1, -0.05) is 12.1 Å². The van der Waals surface area contributed by atoms with E-state index >= 15 is 0 Å². The summed E-state index contributed by atoms with van der Waals surface area (Å²) >= 11 is 0. The second-order valence-corrected chi connectivity index (χ2v) is 4.37. The summed E-state index contributed by atoms with van der Waals surface area (Å²) in [7, 11) is 0. The third kappa shape index (κ3) is 2.99. The van der Waals surface area contributed by atoms with Gasteiger partial charge in [0.2, 0.25) is 5.83 Å². The van der Waals surface area contributed by atoms with E-state index in [1.807, 2.05) is 0 Å². The lowest BCUT2D eigenvalue weighted by atomic mass is 10.1. The van der Waals surface area contributed by atoms with Crippen LogP contribution in [-0.2, 0) is 9.53 Å². The topological polar surface area (TPSA) is 63.7 Å². The molecule has 1 aromatic rings. The van der Waals surface area contributed by atoms with Crippen LogP contribution in [0.5, 0.6) is 0 Å². The number of halogens is 1. The minimum Gasteiger partial charge on any atom is -0.461 e. The first-order valence-corrected chi connectivity index (χ1v) is 6.54. The van der Waals surface area contributed by atoms with Crippen LogP contribution in [0.3, 0.4) is 0 Å². The smallest absolute Gasteiger partial charge is 0.366 e. The minimum absolute atomic E-state index is 0.0131. The zero-order valence-electron chi connectivity index (χ0n) is 11.5. The van der Waals surface area contributed by atoms with Crippen molar-refractivity contribution in [3.05, 3.63) is 47.3 Å². The van der Waals surface area contributed by atoms with E-state index in [-0.39, 0.29) is 19.6 Å². The molecule has 0 N–H and O–H groups in total. The maximum atomic E-state index is 13.3. The average molecular weight is 291 g/mol. The predicted octanol–water partition coefficient (Wildman–Crippen LogP) is 2.09. The van der Waals surface area contributed by atoms with Crippen molar-refractivity contribution in [1.82, 2.24) is 4.90 Å². The lowest BCUT2D eigenvalue weighted by Crippen LogP contribution is -2.30. The predicted molar refractivity (Wildman–Crippen MR) is 72.3 cm³/mol. The number of carbonyl (C=O) groups is 3. The van der Waals surface area contributed by atoms with Gasteiger partial charge in [0, 0.05) is 6.54 Å². The molecule has 5 nitrogen and oxygen atoms in total. The highest BCUT2D eigenvalue weighted by Crippen LogP contribution is 2.22. The lowest BCUT2D eigenvalue weighted by molar-refractivity contribution is -0.140. The molecular formula is C15H14FNO4. The summed E-state index contributed by atoms with van der Waals surface area (Å²) in [6.07, 6.45) is 1.07. The number of hydrogen-bond acceptors (Lipinski definition) is 4. The van der Waals surface area contributed by atoms with Crippen molar-refractivity contribution in [2.45, 2.75) is 13.3 Å². The molecule has 0 aliphatic carbocycles. The molecule has 0 fully saturated rings. The number of nitrogens with zero attached hydrogens (tertiary/aromatic N) is 1. The van der Waals surface area contributed by atoms with Crippen molar-refractivity contribution in [3.8, 4) is 0 Å². The van der Waals surface area contributed by atoms with Crippen LogP contribution in [-0.4, -0.2) is 35.8 Å². The third-order valence-corrected chi connectivity index (χ3v) is 3.02. The van der Waals surface area contributed by atoms with E-state index in [0.29, 0.717) is 11.1 Å². The molecule has 0 atom stereocenters. The molecule has 0 unspecified atom stereocenters. The molecule has 0 bridgehead atoms. The lowest BCUT2D eigenvalue weighted by Gasteiger charge is -2.11. The Hall–Kier alpha value is -2.50. The number of rotatable bonds is 5. The Kier molecular flexibility index (Phi) is 4.47. The van der Waals surface area contributed by atoms with Crippen molar-refractivity contribution < 1.29 is 23.5 Å². The second kappa shape index (κ2) is 6.30. The number of hydrogen-bond donors (Lipinski definition) is 0. The van der Waals surface area contributed by atoms with Gasteiger partial charge in [0.05, 0.1) is 17.7 Å². The molecule has 1 aliphatic rings. The maximum Gasteiger partial charge on any atom is 0.366 e. The van der Waals surface area contributed by atoms with Crippen LogP contribution in [0.15, 0.2) is 36.2 Å². The molecular weight excluding hydrogens is 277 g/mol. The Morgan fingerprint density at radius 1 is 1.24 bits per heavy atom. The molecule has 0 saturated heterocycles. The number of ether oxygens (including phenoxy) is 1. The van der Waals surface area contributed by atoms with Crippen molar-refractivity contribution >= 4 is 17.8 Å². The molecule has 0 saturated carbocycles. The van der Waals surface area contributed by atoms with Gasteiger partial charge in [0.1, 0.15) is 0 Å². The van der Waals surface area contributed by atoms with E-state index in [4.69, 9.17) is 0 Å². The Bertz CT molecular complexity index is 589. The van der Waals surface area contributed by atoms with Crippen molar-refractivity contribution in [2.75, 3.05) is 13.2 Å². The van der Waals surface area contributed by atoms with Gasteiger partial charge in [0.25, 0.3) is 11.8 Å². The number of esters is 1. The van der Waals surface area contributed by atoms with E-state index in [1.54, 1.807) is 31.2 Å². The first-order valence-electron chi connectivity index (χ1n) is 6.54. The molecule has 1 aromatic carbocycles. The summed E-state index contributed by atoms with van der Waals surface area (Å²) in [5, 5.41) is 0. The van der Waals surface area contributed by atoms with Crippen LogP contribution in [0, 0.1) is 0 Å². The Labute approximate surface area is 121 Å². The van der Waals surface area contributed by atoms with Gasteiger partial charge in [0.15, 0.2) is 0 Å². The quantitative estimate of drug-likeness (QED) is 0.473. The number of fused-ring (bicyclic) bond motifs is 1. The van der Waals surface area contributed by atoms with Crippen LogP contribution < -0.4 is 0 Å². The largest absolute Gasteiger partial charge is 0.461 e. The van der Waals surface area contributed by atoms with E-state index < -0.39 is 23.6 Å². The van der Waals surface area contributed by atoms with E-state index in [9.17, 15) is 18.8 Å². The van der Waals surface area contributed by atoms with Gasteiger partial charge >= 0.3 is 5.97 Å². The minimum atomic E-state index is -1.04. The molecule has 110 valence electrons. The molecule has 0 spiro atoms. The standard InChI is InChI=1S/C15H14FNO4/c1-2-21-15(20)12(16)8-5-9-17-13(18)10-6-3-4-7-11(10)14(17)19/h3-4,6-8H,2,5,9H2,1H3. The van der Waals surface area contributed by atoms with Gasteiger partial charge in [-0.15, -0.1) is 0 Å². The second-order valence-electron chi connectivity index (χ2n) is 4.37. The highest BCUT2D eigenvalue weighted by Gasteiger charge is 2.34. The zero-order chi connectivity index (χ0) is 15.4. The first kappa shape index (κ1) is 14.9. The number of amides is 2. The van der Waals surface area contributed by atoms with Gasteiger partial charge in [-0.05, 0) is 31.6 Å². The Morgan fingerprint density at radius 3 is 2.33 bits per heavy atom. The summed E-state index contributed by atoms with van der Waals surface area (Å²) in [5.74, 6) is -2.87. The molecule has 1 heterocycles. The molecule has 2 rings (SSSR count). The summed E-state index contributed by atoms with van der Waals surface area (Å²) in [5.41, 5.74) is 0.690. The SMILES string of the molecule is CCOC(=O)C(F)=CCCN1C(=O)c2ccccc2C1=O. The fourth-order valence-corrected chi connectivity index (χ4v) is 2.05. The normalized spacial score (nSPS) is 14.4. The maximum absolute atomic E-state index is 13.3. The molecule has 6 heteroatoms. The fraction of sp³-hybridized carbons (Fsp3) is 0.267. The number of carbonyl (C=O) groups excluding carboxylic acids is 3. The fourth-order valence-electron chi connectivity index (χ4n) is 2.05. The molecule has 0 aromatic heterocycles. The van der Waals surface area contributed by atoms with Crippen LogP contribution in [0.25, 0.3) is 0 Å². The van der Waals surface area contributed by atoms with Crippen LogP contribution >= 0.6 is 0 Å². The molecule has 0 radical (unpaired) electrons. The zero-order valence-corrected chi connectivity index (χ0v) is 11.5. The Morgan fingerprint density at radius 2 is 1.81 bits per heavy atom. The van der Waals surface area contributed by atoms with Crippen LogP contribution in [0.1, 0.15) is 34.1 Å². The summed E-state index contributed by atoms with van der Waals surface area (Å²) in [6.45, 7) is 1.67. The van der Waals surface area contributed by atoms with Crippen molar-refractivity contribution in [1.29, 1.82) is 0 Å². The molecule has 2 amide bonds. The molecule has 21 heavy (non-hydrogen) atoms. The molecule has 1 aliphatic heterocycles. The number of imide groups is 1. The Balaban J connectivity index is 2.00. The summed E-state index contributed by atoms with van der Waals surface area (Å²) in [6, 6.07) is 6.50. The first-order chi connectivity index (χ1) is 10.1. The summed E-state index contributed by atoms with van der Waals surface area (Å²) < 4.78 is 17.8.